The lowest BCUT2D eigenvalue weighted by molar-refractivity contribution is -0.153. The van der Waals surface area contributed by atoms with Crippen LogP contribution in [0.5, 0.6) is 5.75 Å². The number of amides is 1. The predicted octanol–water partition coefficient (Wildman–Crippen LogP) is 3.19. The van der Waals surface area contributed by atoms with Crippen molar-refractivity contribution in [1.82, 2.24) is 15.5 Å². The fraction of sp³-hybridized carbons (Fsp3) is 0.333. The lowest BCUT2D eigenvalue weighted by Gasteiger charge is -2.16. The quantitative estimate of drug-likeness (QED) is 0.531. The molecule has 0 aliphatic carbocycles. The number of hydrogen-bond donors (Lipinski definition) is 2. The number of para-hydroxylation sites is 1. The van der Waals surface area contributed by atoms with Gasteiger partial charge in [-0.25, -0.2) is 0 Å². The third kappa shape index (κ3) is 7.31. The molecule has 2 rings (SSSR count). The van der Waals surface area contributed by atoms with Gasteiger partial charge in [0.15, 0.2) is 12.6 Å². The largest absolute Gasteiger partial charge is 0.484 e. The van der Waals surface area contributed by atoms with Crippen molar-refractivity contribution in [2.24, 2.45) is 4.99 Å². The van der Waals surface area contributed by atoms with E-state index in [2.05, 4.69) is 15.6 Å². The zero-order valence-electron chi connectivity index (χ0n) is 17.1. The summed E-state index contributed by atoms with van der Waals surface area (Å²) in [5.41, 5.74) is 2.13. The van der Waals surface area contributed by atoms with Gasteiger partial charge in [-0.2, -0.15) is 13.2 Å². The molecule has 9 heteroatoms. The molecule has 1 amide bonds. The maximum Gasteiger partial charge on any atom is 0.422 e. The molecule has 0 spiro atoms. The van der Waals surface area contributed by atoms with E-state index in [4.69, 9.17) is 4.74 Å². The summed E-state index contributed by atoms with van der Waals surface area (Å²) in [5, 5.41) is 6.18. The second-order valence-corrected chi connectivity index (χ2v) is 6.69. The first-order valence-corrected chi connectivity index (χ1v) is 9.22. The van der Waals surface area contributed by atoms with E-state index in [1.807, 2.05) is 12.1 Å². The molecule has 2 N–H and O–H groups in total. The van der Waals surface area contributed by atoms with E-state index in [-0.39, 0.29) is 18.2 Å². The smallest absolute Gasteiger partial charge is 0.422 e. The molecule has 2 aromatic carbocycles. The summed E-state index contributed by atoms with van der Waals surface area (Å²) >= 11 is 0. The average molecular weight is 422 g/mol. The lowest BCUT2D eigenvalue weighted by Crippen LogP contribution is -2.36. The molecule has 0 atom stereocenters. The number of carbonyl (C=O) groups excluding carboxylic acids is 1. The van der Waals surface area contributed by atoms with E-state index in [1.54, 1.807) is 51.5 Å². The van der Waals surface area contributed by atoms with Crippen molar-refractivity contribution in [2.75, 3.05) is 27.7 Å². The second kappa shape index (κ2) is 10.5. The average Bonchev–Trinajstić information content (AvgIpc) is 2.72. The van der Waals surface area contributed by atoms with E-state index >= 15 is 0 Å². The van der Waals surface area contributed by atoms with Crippen LogP contribution in [-0.4, -0.2) is 50.7 Å². The highest BCUT2D eigenvalue weighted by atomic mass is 19.4. The molecule has 0 aromatic heterocycles. The third-order valence-electron chi connectivity index (χ3n) is 4.10. The molecule has 6 nitrogen and oxygen atoms in total. The minimum absolute atomic E-state index is 0.0709. The van der Waals surface area contributed by atoms with Gasteiger partial charge in [-0.15, -0.1) is 0 Å². The highest BCUT2D eigenvalue weighted by molar-refractivity contribution is 5.93. The minimum Gasteiger partial charge on any atom is -0.484 e. The fourth-order valence-electron chi connectivity index (χ4n) is 2.56. The number of halogens is 3. The molecule has 2 aromatic rings. The Bertz CT molecular complexity index is 865. The monoisotopic (exact) mass is 422 g/mol. The van der Waals surface area contributed by atoms with Crippen molar-refractivity contribution >= 4 is 11.9 Å². The Hall–Kier alpha value is -3.23. The fourth-order valence-corrected chi connectivity index (χ4v) is 2.56. The van der Waals surface area contributed by atoms with Gasteiger partial charge in [0, 0.05) is 45.4 Å². The van der Waals surface area contributed by atoms with E-state index in [1.165, 1.54) is 11.0 Å². The maximum atomic E-state index is 12.4. The number of nitrogens with one attached hydrogen (secondary N) is 2. The molecule has 0 fully saturated rings. The molecule has 162 valence electrons. The summed E-state index contributed by atoms with van der Waals surface area (Å²) in [4.78, 5) is 17.5. The summed E-state index contributed by atoms with van der Waals surface area (Å²) in [6.45, 7) is -0.643. The Kier molecular flexibility index (Phi) is 8.08. The van der Waals surface area contributed by atoms with Crippen LogP contribution in [0.25, 0.3) is 0 Å². The summed E-state index contributed by atoms with van der Waals surface area (Å²) < 4.78 is 42.2. The first-order valence-electron chi connectivity index (χ1n) is 9.22. The summed E-state index contributed by atoms with van der Waals surface area (Å²) in [6, 6.07) is 13.7. The van der Waals surface area contributed by atoms with Crippen molar-refractivity contribution in [3.05, 3.63) is 65.2 Å². The van der Waals surface area contributed by atoms with Gasteiger partial charge in [0.25, 0.3) is 5.91 Å². The number of benzene rings is 2. The number of hydrogen-bond acceptors (Lipinski definition) is 3. The van der Waals surface area contributed by atoms with E-state index in [0.29, 0.717) is 23.6 Å². The van der Waals surface area contributed by atoms with E-state index in [0.717, 1.165) is 5.56 Å². The van der Waals surface area contributed by atoms with Crippen molar-refractivity contribution in [3.8, 4) is 5.75 Å². The molecule has 0 saturated heterocycles. The predicted molar refractivity (Wildman–Crippen MR) is 109 cm³/mol. The topological polar surface area (TPSA) is 66.0 Å². The molecule has 0 bridgehead atoms. The Morgan fingerprint density at radius 3 is 2.27 bits per heavy atom. The Morgan fingerprint density at radius 1 is 1.03 bits per heavy atom. The van der Waals surface area contributed by atoms with Crippen molar-refractivity contribution in [3.63, 3.8) is 0 Å². The van der Waals surface area contributed by atoms with E-state index in [9.17, 15) is 18.0 Å². The molecule has 30 heavy (non-hydrogen) atoms. The molecular formula is C21H25F3N4O2. The zero-order chi connectivity index (χ0) is 22.1. The van der Waals surface area contributed by atoms with Gasteiger partial charge in [0.05, 0.1) is 0 Å². The standard InChI is InChI=1S/C21H25F3N4O2/c1-25-20(26-12-15-8-10-16(11-9-15)19(29)28(2)3)27-13-17-6-4-5-7-18(17)30-14-21(22,23)24/h4-11H,12-14H2,1-3H3,(H2,25,26,27). The van der Waals surface area contributed by atoms with Crippen molar-refractivity contribution in [2.45, 2.75) is 19.3 Å². The summed E-state index contributed by atoms with van der Waals surface area (Å²) in [7, 11) is 4.99. The first kappa shape index (κ1) is 23.1. The number of alkyl halides is 3. The van der Waals surface area contributed by atoms with Crippen LogP contribution in [0.1, 0.15) is 21.5 Å². The molecular weight excluding hydrogens is 397 g/mol. The lowest BCUT2D eigenvalue weighted by atomic mass is 10.1. The number of aliphatic imine (C=N–C) groups is 1. The Morgan fingerprint density at radius 2 is 1.67 bits per heavy atom. The number of ether oxygens (including phenoxy) is 1. The SMILES string of the molecule is CN=C(NCc1ccc(C(=O)N(C)C)cc1)NCc1ccccc1OCC(F)(F)F. The number of carbonyl (C=O) groups is 1. The zero-order valence-corrected chi connectivity index (χ0v) is 17.1. The van der Waals surface area contributed by atoms with Gasteiger partial charge in [0.2, 0.25) is 0 Å². The molecule has 0 unspecified atom stereocenters. The van der Waals surface area contributed by atoms with Gasteiger partial charge in [0.1, 0.15) is 5.75 Å². The minimum atomic E-state index is -4.40. The Balaban J connectivity index is 1.91. The van der Waals surface area contributed by atoms with Crippen LogP contribution >= 0.6 is 0 Å². The highest BCUT2D eigenvalue weighted by Crippen LogP contribution is 2.22. The van der Waals surface area contributed by atoms with Crippen LogP contribution < -0.4 is 15.4 Å². The van der Waals surface area contributed by atoms with Gasteiger partial charge >= 0.3 is 6.18 Å². The highest BCUT2D eigenvalue weighted by Gasteiger charge is 2.28. The van der Waals surface area contributed by atoms with Crippen molar-refractivity contribution in [1.29, 1.82) is 0 Å². The number of rotatable bonds is 7. The Labute approximate surface area is 173 Å². The first-order chi connectivity index (χ1) is 14.2. The molecule has 0 heterocycles. The van der Waals surface area contributed by atoms with Crippen LogP contribution in [0.15, 0.2) is 53.5 Å². The van der Waals surface area contributed by atoms with E-state index < -0.39 is 12.8 Å². The number of guanidine groups is 1. The van der Waals surface area contributed by atoms with Crippen LogP contribution in [-0.2, 0) is 13.1 Å². The van der Waals surface area contributed by atoms with Crippen molar-refractivity contribution < 1.29 is 22.7 Å². The summed E-state index contributed by atoms with van der Waals surface area (Å²) in [6.07, 6.45) is -4.40. The van der Waals surface area contributed by atoms with Crippen LogP contribution in [0, 0.1) is 0 Å². The maximum absolute atomic E-state index is 12.4. The van der Waals surface area contributed by atoms with Crippen LogP contribution in [0.2, 0.25) is 0 Å². The van der Waals surface area contributed by atoms with Gasteiger partial charge in [-0.1, -0.05) is 30.3 Å². The third-order valence-corrected chi connectivity index (χ3v) is 4.10. The molecule has 0 aliphatic rings. The van der Waals surface area contributed by atoms with Gasteiger partial charge < -0.3 is 20.3 Å². The van der Waals surface area contributed by atoms with Crippen LogP contribution in [0.3, 0.4) is 0 Å². The summed E-state index contributed by atoms with van der Waals surface area (Å²) in [5.74, 6) is 0.575. The molecule has 0 radical (unpaired) electrons. The van der Waals surface area contributed by atoms with Gasteiger partial charge in [-0.3, -0.25) is 9.79 Å². The van der Waals surface area contributed by atoms with Gasteiger partial charge in [-0.05, 0) is 23.8 Å². The second-order valence-electron chi connectivity index (χ2n) is 6.69. The van der Waals surface area contributed by atoms with Crippen LogP contribution in [0.4, 0.5) is 13.2 Å². The number of nitrogens with zero attached hydrogens (tertiary/aromatic N) is 2. The normalized spacial score (nSPS) is 11.7. The molecule has 0 aliphatic heterocycles. The molecule has 0 saturated carbocycles.